The summed E-state index contributed by atoms with van der Waals surface area (Å²) in [4.78, 5) is 37.7. The number of benzene rings is 1. The zero-order chi connectivity index (χ0) is 18.6. The zero-order valence-electron chi connectivity index (χ0n) is 15.3. The van der Waals surface area contributed by atoms with Crippen molar-refractivity contribution >= 4 is 23.5 Å². The molecule has 1 heterocycles. The normalized spacial score (nSPS) is 17.5. The highest BCUT2D eigenvalue weighted by molar-refractivity contribution is 5.99. The maximum atomic E-state index is 12.2. The van der Waals surface area contributed by atoms with E-state index in [2.05, 4.69) is 12.2 Å². The lowest BCUT2D eigenvalue weighted by molar-refractivity contribution is -0.152. The summed E-state index contributed by atoms with van der Waals surface area (Å²) in [6, 6.07) is 7.73. The van der Waals surface area contributed by atoms with E-state index >= 15 is 0 Å². The minimum Gasteiger partial charge on any atom is -0.455 e. The molecule has 0 spiro atoms. The minimum absolute atomic E-state index is 0.106. The maximum absolute atomic E-state index is 12.2. The van der Waals surface area contributed by atoms with Gasteiger partial charge in [-0.3, -0.25) is 14.4 Å². The SMILES string of the molecule is CCc1ccc(N2C[C@@H](C(=O)OCC(=O)NC(C)(C)C)CC2=O)cc1. The van der Waals surface area contributed by atoms with Gasteiger partial charge in [-0.1, -0.05) is 19.1 Å². The van der Waals surface area contributed by atoms with Crippen LogP contribution in [0.15, 0.2) is 24.3 Å². The Labute approximate surface area is 148 Å². The third-order valence-corrected chi connectivity index (χ3v) is 3.97. The number of nitrogens with one attached hydrogen (secondary N) is 1. The monoisotopic (exact) mass is 346 g/mol. The number of aryl methyl sites for hydroxylation is 1. The summed E-state index contributed by atoms with van der Waals surface area (Å²) in [5.41, 5.74) is 1.59. The van der Waals surface area contributed by atoms with Gasteiger partial charge in [0.15, 0.2) is 6.61 Å². The highest BCUT2D eigenvalue weighted by atomic mass is 16.5. The van der Waals surface area contributed by atoms with Crippen LogP contribution in [0.1, 0.15) is 39.7 Å². The van der Waals surface area contributed by atoms with Gasteiger partial charge in [-0.05, 0) is 44.9 Å². The summed E-state index contributed by atoms with van der Waals surface area (Å²) < 4.78 is 5.07. The summed E-state index contributed by atoms with van der Waals surface area (Å²) >= 11 is 0. The molecule has 6 heteroatoms. The van der Waals surface area contributed by atoms with Gasteiger partial charge in [0.05, 0.1) is 5.92 Å². The van der Waals surface area contributed by atoms with E-state index in [1.54, 1.807) is 4.90 Å². The van der Waals surface area contributed by atoms with E-state index < -0.39 is 11.9 Å². The molecule has 1 aliphatic heterocycles. The first-order valence-electron chi connectivity index (χ1n) is 8.56. The fraction of sp³-hybridized carbons (Fsp3) is 0.526. The van der Waals surface area contributed by atoms with Crippen LogP contribution < -0.4 is 10.2 Å². The summed E-state index contributed by atoms with van der Waals surface area (Å²) in [7, 11) is 0. The molecule has 1 N–H and O–H groups in total. The Balaban J connectivity index is 1.90. The Kier molecular flexibility index (Phi) is 5.82. The molecule has 6 nitrogen and oxygen atoms in total. The van der Waals surface area contributed by atoms with Gasteiger partial charge in [-0.2, -0.15) is 0 Å². The van der Waals surface area contributed by atoms with Crippen LogP contribution >= 0.6 is 0 Å². The van der Waals surface area contributed by atoms with Crippen LogP contribution in [0.2, 0.25) is 0 Å². The summed E-state index contributed by atoms with van der Waals surface area (Å²) in [6.07, 6.45) is 1.04. The first-order valence-corrected chi connectivity index (χ1v) is 8.56. The van der Waals surface area contributed by atoms with Gasteiger partial charge in [-0.25, -0.2) is 0 Å². The molecule has 2 rings (SSSR count). The molecule has 136 valence electrons. The number of carbonyl (C=O) groups excluding carboxylic acids is 3. The van der Waals surface area contributed by atoms with E-state index in [-0.39, 0.29) is 36.9 Å². The van der Waals surface area contributed by atoms with E-state index in [4.69, 9.17) is 4.74 Å². The molecule has 0 bridgehead atoms. The van der Waals surface area contributed by atoms with Crippen molar-refractivity contribution in [3.63, 3.8) is 0 Å². The number of nitrogens with zero attached hydrogens (tertiary/aromatic N) is 1. The first-order chi connectivity index (χ1) is 11.7. The molecule has 0 saturated carbocycles. The summed E-state index contributed by atoms with van der Waals surface area (Å²) in [6.45, 7) is 7.58. The molecule has 1 aliphatic rings. The number of amides is 2. The summed E-state index contributed by atoms with van der Waals surface area (Å²) in [5.74, 6) is -1.51. The van der Waals surface area contributed by atoms with Gasteiger partial charge in [0, 0.05) is 24.2 Å². The molecule has 0 unspecified atom stereocenters. The van der Waals surface area contributed by atoms with E-state index in [1.807, 2.05) is 45.0 Å². The number of rotatable bonds is 5. The number of hydrogen-bond acceptors (Lipinski definition) is 4. The second kappa shape index (κ2) is 7.68. The van der Waals surface area contributed by atoms with Crippen molar-refractivity contribution in [3.05, 3.63) is 29.8 Å². The fourth-order valence-corrected chi connectivity index (χ4v) is 2.74. The van der Waals surface area contributed by atoms with E-state index in [0.717, 1.165) is 12.1 Å². The van der Waals surface area contributed by atoms with Crippen LogP contribution in [0, 0.1) is 5.92 Å². The number of esters is 1. The van der Waals surface area contributed by atoms with Crippen molar-refractivity contribution < 1.29 is 19.1 Å². The van der Waals surface area contributed by atoms with Gasteiger partial charge in [-0.15, -0.1) is 0 Å². The van der Waals surface area contributed by atoms with Gasteiger partial charge in [0.2, 0.25) is 5.91 Å². The Bertz CT molecular complexity index is 646. The lowest BCUT2D eigenvalue weighted by Crippen LogP contribution is -2.43. The number of anilines is 1. The zero-order valence-corrected chi connectivity index (χ0v) is 15.3. The fourth-order valence-electron chi connectivity index (χ4n) is 2.74. The second-order valence-electron chi connectivity index (χ2n) is 7.33. The predicted octanol–water partition coefficient (Wildman–Crippen LogP) is 2.06. The van der Waals surface area contributed by atoms with E-state index in [1.165, 1.54) is 5.56 Å². The number of hydrogen-bond donors (Lipinski definition) is 1. The molecule has 1 saturated heterocycles. The topological polar surface area (TPSA) is 75.7 Å². The quantitative estimate of drug-likeness (QED) is 0.828. The van der Waals surface area contributed by atoms with Crippen molar-refractivity contribution in [2.24, 2.45) is 5.92 Å². The van der Waals surface area contributed by atoms with Crippen molar-refractivity contribution in [3.8, 4) is 0 Å². The Hall–Kier alpha value is -2.37. The Morgan fingerprint density at radius 2 is 1.88 bits per heavy atom. The smallest absolute Gasteiger partial charge is 0.311 e. The van der Waals surface area contributed by atoms with Crippen LogP contribution in [-0.4, -0.2) is 36.5 Å². The molecular formula is C19H26N2O4. The van der Waals surface area contributed by atoms with Gasteiger partial charge < -0.3 is 15.0 Å². The molecule has 0 radical (unpaired) electrons. The molecule has 1 atom stereocenters. The van der Waals surface area contributed by atoms with E-state index in [9.17, 15) is 14.4 Å². The van der Waals surface area contributed by atoms with Crippen LogP contribution in [0.4, 0.5) is 5.69 Å². The minimum atomic E-state index is -0.541. The average Bonchev–Trinajstić information content (AvgIpc) is 2.93. The molecule has 2 amide bonds. The third-order valence-electron chi connectivity index (χ3n) is 3.97. The molecule has 1 aromatic rings. The third kappa shape index (κ3) is 5.31. The van der Waals surface area contributed by atoms with Gasteiger partial charge in [0.25, 0.3) is 5.91 Å². The molecule has 25 heavy (non-hydrogen) atoms. The molecule has 0 aliphatic carbocycles. The molecular weight excluding hydrogens is 320 g/mol. The van der Waals surface area contributed by atoms with Crippen molar-refractivity contribution in [2.75, 3.05) is 18.1 Å². The largest absolute Gasteiger partial charge is 0.455 e. The number of carbonyl (C=O) groups is 3. The van der Waals surface area contributed by atoms with Crippen LogP contribution in [-0.2, 0) is 25.5 Å². The van der Waals surface area contributed by atoms with Crippen LogP contribution in [0.5, 0.6) is 0 Å². The standard InChI is InChI=1S/C19H26N2O4/c1-5-13-6-8-15(9-7-13)21-11-14(10-17(21)23)18(24)25-12-16(22)20-19(2,3)4/h6-9,14H,5,10-12H2,1-4H3,(H,20,22)/t14-/m0/s1. The van der Waals surface area contributed by atoms with Crippen molar-refractivity contribution in [1.82, 2.24) is 5.32 Å². The van der Waals surface area contributed by atoms with Gasteiger partial charge in [0.1, 0.15) is 0 Å². The summed E-state index contributed by atoms with van der Waals surface area (Å²) in [5, 5.41) is 2.73. The molecule has 1 aromatic carbocycles. The predicted molar refractivity (Wildman–Crippen MR) is 95.1 cm³/mol. The highest BCUT2D eigenvalue weighted by Crippen LogP contribution is 2.26. The van der Waals surface area contributed by atoms with Crippen molar-refractivity contribution in [1.29, 1.82) is 0 Å². The van der Waals surface area contributed by atoms with E-state index in [0.29, 0.717) is 0 Å². The van der Waals surface area contributed by atoms with Crippen LogP contribution in [0.3, 0.4) is 0 Å². The Morgan fingerprint density at radius 1 is 1.24 bits per heavy atom. The highest BCUT2D eigenvalue weighted by Gasteiger charge is 2.36. The van der Waals surface area contributed by atoms with Gasteiger partial charge >= 0.3 is 5.97 Å². The second-order valence-corrected chi connectivity index (χ2v) is 7.33. The average molecular weight is 346 g/mol. The maximum Gasteiger partial charge on any atom is 0.311 e. The lowest BCUT2D eigenvalue weighted by Gasteiger charge is -2.20. The van der Waals surface area contributed by atoms with Crippen molar-refractivity contribution in [2.45, 2.75) is 46.1 Å². The lowest BCUT2D eigenvalue weighted by atomic mass is 10.1. The Morgan fingerprint density at radius 3 is 2.44 bits per heavy atom. The first kappa shape index (κ1) is 19.0. The molecule has 0 aromatic heterocycles. The van der Waals surface area contributed by atoms with Crippen LogP contribution in [0.25, 0.3) is 0 Å². The molecule has 1 fully saturated rings. The number of ether oxygens (including phenoxy) is 1.